The Kier molecular flexibility index (Phi) is 6.01. The zero-order valence-electron chi connectivity index (χ0n) is 16.5. The summed E-state index contributed by atoms with van der Waals surface area (Å²) in [6.45, 7) is 4.46. The molecule has 2 aliphatic rings. The maximum absolute atomic E-state index is 13.2. The van der Waals surface area contributed by atoms with Crippen molar-refractivity contribution in [3.05, 3.63) is 36.9 Å². The summed E-state index contributed by atoms with van der Waals surface area (Å²) in [7, 11) is -3.03. The number of fused-ring (bicyclic) bond motifs is 1. The number of para-hydroxylation sites is 2. The predicted molar refractivity (Wildman–Crippen MR) is 117 cm³/mol. The van der Waals surface area contributed by atoms with Crippen LogP contribution < -0.4 is 0 Å². The number of carbonyl (C=O) groups is 1. The van der Waals surface area contributed by atoms with Gasteiger partial charge in [-0.2, -0.15) is 0 Å². The quantitative estimate of drug-likeness (QED) is 0.495. The topological polar surface area (TPSA) is 72.3 Å². The summed E-state index contributed by atoms with van der Waals surface area (Å²) in [4.78, 5) is 19.8. The van der Waals surface area contributed by atoms with Gasteiger partial charge in [0.1, 0.15) is 0 Å². The molecule has 2 fully saturated rings. The van der Waals surface area contributed by atoms with Crippen LogP contribution >= 0.6 is 11.8 Å². The lowest BCUT2D eigenvalue weighted by Gasteiger charge is -2.34. The maximum atomic E-state index is 13.2. The van der Waals surface area contributed by atoms with Crippen molar-refractivity contribution in [2.24, 2.45) is 0 Å². The summed E-state index contributed by atoms with van der Waals surface area (Å²) < 4.78 is 26.1. The fraction of sp³-hybridized carbons (Fsp3) is 0.524. The maximum Gasteiger partial charge on any atom is 0.233 e. The van der Waals surface area contributed by atoms with Crippen molar-refractivity contribution in [2.45, 2.75) is 55.9 Å². The molecule has 1 atom stereocenters. The second-order valence-electron chi connectivity index (χ2n) is 7.87. The van der Waals surface area contributed by atoms with Gasteiger partial charge in [0.2, 0.25) is 5.91 Å². The van der Waals surface area contributed by atoms with Crippen LogP contribution in [0.2, 0.25) is 0 Å². The normalized spacial score (nSPS) is 21.6. The molecule has 0 radical (unpaired) electrons. The summed E-state index contributed by atoms with van der Waals surface area (Å²) in [5.41, 5.74) is 1.93. The number of rotatable bonds is 7. The van der Waals surface area contributed by atoms with E-state index in [1.165, 1.54) is 11.8 Å². The number of benzene rings is 1. The minimum Gasteiger partial charge on any atom is -0.335 e. The predicted octanol–water partition coefficient (Wildman–Crippen LogP) is 3.27. The second-order valence-corrected chi connectivity index (χ2v) is 11.0. The highest BCUT2D eigenvalue weighted by atomic mass is 32.2. The van der Waals surface area contributed by atoms with Crippen molar-refractivity contribution in [1.29, 1.82) is 0 Å². The summed E-state index contributed by atoms with van der Waals surface area (Å²) in [5.74, 6) is 0.597. The molecule has 8 heteroatoms. The van der Waals surface area contributed by atoms with Crippen LogP contribution in [0.5, 0.6) is 0 Å². The molecule has 1 saturated carbocycles. The van der Waals surface area contributed by atoms with E-state index in [0.717, 1.165) is 41.9 Å². The number of nitrogens with zero attached hydrogens (tertiary/aromatic N) is 3. The third-order valence-electron chi connectivity index (χ3n) is 5.86. The SMILES string of the molecule is C=CCn1c(SCC(=O)N(C2CCCC2)C2CCS(=O)(=O)C2)nc2ccccc21. The molecule has 0 spiro atoms. The molecule has 4 rings (SSSR count). The van der Waals surface area contributed by atoms with Crippen molar-refractivity contribution in [2.75, 3.05) is 17.3 Å². The zero-order valence-corrected chi connectivity index (χ0v) is 18.1. The third kappa shape index (κ3) is 4.38. The highest BCUT2D eigenvalue weighted by Crippen LogP contribution is 2.31. The van der Waals surface area contributed by atoms with Crippen LogP contribution in [0.15, 0.2) is 42.1 Å². The molecule has 156 valence electrons. The smallest absolute Gasteiger partial charge is 0.233 e. The Labute approximate surface area is 176 Å². The van der Waals surface area contributed by atoms with Gasteiger partial charge in [-0.05, 0) is 31.4 Å². The van der Waals surface area contributed by atoms with Gasteiger partial charge in [-0.1, -0.05) is 42.8 Å². The van der Waals surface area contributed by atoms with Gasteiger partial charge in [-0.25, -0.2) is 13.4 Å². The number of hydrogen-bond acceptors (Lipinski definition) is 5. The molecule has 6 nitrogen and oxygen atoms in total. The number of aromatic nitrogens is 2. The van der Waals surface area contributed by atoms with Gasteiger partial charge in [0, 0.05) is 18.6 Å². The second kappa shape index (κ2) is 8.52. The fourth-order valence-electron chi connectivity index (χ4n) is 4.55. The van der Waals surface area contributed by atoms with Gasteiger partial charge in [0.15, 0.2) is 15.0 Å². The molecular weight excluding hydrogens is 406 g/mol. The third-order valence-corrected chi connectivity index (χ3v) is 8.58. The van der Waals surface area contributed by atoms with E-state index in [0.29, 0.717) is 13.0 Å². The van der Waals surface area contributed by atoms with Crippen LogP contribution in [-0.2, 0) is 21.2 Å². The standard InChI is InChI=1S/C21H27N3O3S2/c1-2-12-23-19-10-6-5-9-18(19)22-21(23)28-14-20(25)24(16-7-3-4-8-16)17-11-13-29(26,27)15-17/h2,5-6,9-10,16-17H,1,3-4,7-8,11-15H2. The molecule has 1 unspecified atom stereocenters. The van der Waals surface area contributed by atoms with E-state index in [-0.39, 0.29) is 35.2 Å². The van der Waals surface area contributed by atoms with Gasteiger partial charge in [0.05, 0.1) is 28.3 Å². The van der Waals surface area contributed by atoms with Crippen molar-refractivity contribution in [3.63, 3.8) is 0 Å². The van der Waals surface area contributed by atoms with Crippen molar-refractivity contribution in [3.8, 4) is 0 Å². The molecule has 29 heavy (non-hydrogen) atoms. The lowest BCUT2D eigenvalue weighted by molar-refractivity contribution is -0.132. The van der Waals surface area contributed by atoms with Crippen LogP contribution in [0.1, 0.15) is 32.1 Å². The van der Waals surface area contributed by atoms with Crippen LogP contribution in [-0.4, -0.2) is 58.1 Å². The molecule has 0 bridgehead atoms. The largest absolute Gasteiger partial charge is 0.335 e. The molecule has 1 aliphatic heterocycles. The minimum absolute atomic E-state index is 0.0289. The van der Waals surface area contributed by atoms with E-state index in [9.17, 15) is 13.2 Å². The highest BCUT2D eigenvalue weighted by molar-refractivity contribution is 7.99. The molecule has 2 aromatic rings. The van der Waals surface area contributed by atoms with E-state index in [2.05, 4.69) is 11.1 Å². The fourth-order valence-corrected chi connectivity index (χ4v) is 7.16. The molecule has 1 aliphatic carbocycles. The van der Waals surface area contributed by atoms with Crippen LogP contribution in [0.25, 0.3) is 11.0 Å². The Morgan fingerprint density at radius 1 is 1.24 bits per heavy atom. The van der Waals surface area contributed by atoms with E-state index in [1.54, 1.807) is 0 Å². The van der Waals surface area contributed by atoms with Crippen molar-refractivity contribution < 1.29 is 13.2 Å². The first-order chi connectivity index (χ1) is 14.0. The first-order valence-electron chi connectivity index (χ1n) is 10.2. The van der Waals surface area contributed by atoms with E-state index >= 15 is 0 Å². The van der Waals surface area contributed by atoms with E-state index < -0.39 is 9.84 Å². The average Bonchev–Trinajstić information content (AvgIpc) is 3.41. The Balaban J connectivity index is 1.53. The van der Waals surface area contributed by atoms with E-state index in [1.807, 2.05) is 35.2 Å². The Morgan fingerprint density at radius 3 is 2.69 bits per heavy atom. The van der Waals surface area contributed by atoms with Crippen LogP contribution in [0, 0.1) is 0 Å². The molecule has 0 N–H and O–H groups in total. The number of sulfone groups is 1. The molecule has 1 amide bonds. The Hall–Kier alpha value is -1.80. The van der Waals surface area contributed by atoms with E-state index in [4.69, 9.17) is 4.98 Å². The number of hydrogen-bond donors (Lipinski definition) is 0. The van der Waals surface area contributed by atoms with Crippen LogP contribution in [0.3, 0.4) is 0 Å². The number of imidazole rings is 1. The number of carbonyl (C=O) groups excluding carboxylic acids is 1. The van der Waals surface area contributed by atoms with Gasteiger partial charge in [-0.15, -0.1) is 6.58 Å². The highest BCUT2D eigenvalue weighted by Gasteiger charge is 2.38. The minimum atomic E-state index is -3.03. The van der Waals surface area contributed by atoms with Gasteiger partial charge >= 0.3 is 0 Å². The number of thioether (sulfide) groups is 1. The first-order valence-corrected chi connectivity index (χ1v) is 13.0. The van der Waals surface area contributed by atoms with Gasteiger partial charge < -0.3 is 9.47 Å². The lowest BCUT2D eigenvalue weighted by Crippen LogP contribution is -2.47. The summed E-state index contributed by atoms with van der Waals surface area (Å²) in [6, 6.07) is 7.92. The Bertz CT molecular complexity index is 1010. The lowest BCUT2D eigenvalue weighted by atomic mass is 10.1. The van der Waals surface area contributed by atoms with Gasteiger partial charge in [0.25, 0.3) is 0 Å². The van der Waals surface area contributed by atoms with Crippen molar-refractivity contribution in [1.82, 2.24) is 14.5 Å². The molecule has 1 aromatic heterocycles. The summed E-state index contributed by atoms with van der Waals surface area (Å²) >= 11 is 1.43. The molecular formula is C21H27N3O3S2. The monoisotopic (exact) mass is 433 g/mol. The summed E-state index contributed by atoms with van der Waals surface area (Å²) in [5, 5.41) is 0.796. The summed E-state index contributed by atoms with van der Waals surface area (Å²) in [6.07, 6.45) is 6.55. The zero-order chi connectivity index (χ0) is 20.4. The van der Waals surface area contributed by atoms with Crippen molar-refractivity contribution >= 4 is 38.5 Å². The number of allylic oxidation sites excluding steroid dienone is 1. The average molecular weight is 434 g/mol. The molecule has 1 saturated heterocycles. The first kappa shape index (κ1) is 20.5. The Morgan fingerprint density at radius 2 is 2.00 bits per heavy atom. The molecule has 1 aromatic carbocycles. The molecule has 2 heterocycles. The van der Waals surface area contributed by atoms with Gasteiger partial charge in [-0.3, -0.25) is 4.79 Å². The number of amides is 1. The van der Waals surface area contributed by atoms with Crippen LogP contribution in [0.4, 0.5) is 0 Å².